The van der Waals surface area contributed by atoms with Gasteiger partial charge < -0.3 is 4.57 Å². The molecule has 5 rings (SSSR count). The number of nitrogens with zero attached hydrogens (tertiary/aromatic N) is 5. The highest BCUT2D eigenvalue weighted by Crippen LogP contribution is 2.42. The number of hydrogen-bond acceptors (Lipinski definition) is 6. The first kappa shape index (κ1) is 16.3. The van der Waals surface area contributed by atoms with E-state index in [0.29, 0.717) is 30.0 Å². The minimum atomic E-state index is -3.59. The van der Waals surface area contributed by atoms with E-state index in [9.17, 15) is 8.42 Å². The Morgan fingerprint density at radius 2 is 2.04 bits per heavy atom. The minimum Gasteiger partial charge on any atom is -0.328 e. The lowest BCUT2D eigenvalue weighted by molar-refractivity contribution is 0.444. The van der Waals surface area contributed by atoms with Crippen LogP contribution in [0.25, 0.3) is 11.0 Å². The molecule has 1 atom stereocenters. The molecule has 0 amide bonds. The molecular weight excluding hydrogens is 370 g/mol. The summed E-state index contributed by atoms with van der Waals surface area (Å²) in [5.74, 6) is 1.67. The second kappa shape index (κ2) is 5.83. The second-order valence-electron chi connectivity index (χ2n) is 7.10. The number of hydrogen-bond donors (Lipinski definition) is 0. The second-order valence-corrected chi connectivity index (χ2v) is 9.53. The number of rotatable bonds is 4. The number of benzene rings is 1. The number of sulfonamides is 1. The molecule has 2 aliphatic rings. The highest BCUT2D eigenvalue weighted by Gasteiger charge is 2.38. The van der Waals surface area contributed by atoms with Crippen molar-refractivity contribution in [2.24, 2.45) is 0 Å². The first-order valence-electron chi connectivity index (χ1n) is 8.81. The van der Waals surface area contributed by atoms with Crippen molar-refractivity contribution in [3.05, 3.63) is 35.9 Å². The predicted octanol–water partition coefficient (Wildman–Crippen LogP) is 2.71. The fourth-order valence-corrected chi connectivity index (χ4v) is 6.10. The van der Waals surface area contributed by atoms with Gasteiger partial charge in [-0.2, -0.15) is 13.1 Å². The maximum atomic E-state index is 13.2. The van der Waals surface area contributed by atoms with Crippen LogP contribution in [0.1, 0.15) is 42.7 Å². The zero-order valence-corrected chi connectivity index (χ0v) is 16.0. The lowest BCUT2D eigenvalue weighted by Gasteiger charge is -2.19. The largest absolute Gasteiger partial charge is 0.328 e. The first-order valence-corrected chi connectivity index (χ1v) is 11.0. The van der Waals surface area contributed by atoms with E-state index in [1.165, 1.54) is 12.8 Å². The third kappa shape index (κ3) is 2.49. The summed E-state index contributed by atoms with van der Waals surface area (Å²) in [5, 5.41) is 0. The Kier molecular flexibility index (Phi) is 3.67. The number of imidazole rings is 1. The summed E-state index contributed by atoms with van der Waals surface area (Å²) in [6.45, 7) is 3.05. The van der Waals surface area contributed by atoms with Crippen molar-refractivity contribution in [3.8, 4) is 0 Å². The molecular formula is C17H19N5O2S2. The molecule has 9 heteroatoms. The molecule has 1 unspecified atom stereocenters. The molecule has 136 valence electrons. The highest BCUT2D eigenvalue weighted by atomic mass is 32.2. The van der Waals surface area contributed by atoms with Crippen molar-refractivity contribution in [1.29, 1.82) is 0 Å². The van der Waals surface area contributed by atoms with Gasteiger partial charge in [0, 0.05) is 30.9 Å². The maximum Gasteiger partial charge on any atom is 0.245 e. The van der Waals surface area contributed by atoms with Gasteiger partial charge in [0.1, 0.15) is 21.8 Å². The van der Waals surface area contributed by atoms with Crippen molar-refractivity contribution in [1.82, 2.24) is 22.6 Å². The van der Waals surface area contributed by atoms with Gasteiger partial charge in [0.05, 0.1) is 17.8 Å². The fourth-order valence-electron chi connectivity index (χ4n) is 3.85. The van der Waals surface area contributed by atoms with Gasteiger partial charge in [0.2, 0.25) is 10.0 Å². The van der Waals surface area contributed by atoms with Crippen LogP contribution in [0.2, 0.25) is 0 Å². The average molecular weight is 390 g/mol. The molecule has 1 aliphatic heterocycles. The Morgan fingerprint density at radius 3 is 2.85 bits per heavy atom. The van der Waals surface area contributed by atoms with Gasteiger partial charge in [-0.3, -0.25) is 0 Å². The molecule has 1 saturated carbocycles. The number of aryl methyl sites for hydroxylation is 1. The van der Waals surface area contributed by atoms with Gasteiger partial charge in [-0.1, -0.05) is 6.07 Å². The van der Waals surface area contributed by atoms with Gasteiger partial charge in [-0.25, -0.2) is 13.4 Å². The van der Waals surface area contributed by atoms with E-state index >= 15 is 0 Å². The van der Waals surface area contributed by atoms with Gasteiger partial charge in [-0.05, 0) is 38.3 Å². The summed E-state index contributed by atoms with van der Waals surface area (Å²) < 4.78 is 38.6. The molecule has 2 aromatic heterocycles. The molecule has 1 aliphatic carbocycles. The van der Waals surface area contributed by atoms with Crippen LogP contribution in [-0.2, 0) is 10.0 Å². The quantitative estimate of drug-likeness (QED) is 0.685. The van der Waals surface area contributed by atoms with E-state index in [4.69, 9.17) is 0 Å². The van der Waals surface area contributed by atoms with Crippen molar-refractivity contribution < 1.29 is 8.42 Å². The van der Waals surface area contributed by atoms with E-state index in [1.807, 2.05) is 6.20 Å². The molecule has 1 aromatic carbocycles. The summed E-state index contributed by atoms with van der Waals surface area (Å²) in [5.41, 5.74) is 2.22. The Hall–Kier alpha value is -1.84. The smallest absolute Gasteiger partial charge is 0.245 e. The highest BCUT2D eigenvalue weighted by molar-refractivity contribution is 7.89. The summed E-state index contributed by atoms with van der Waals surface area (Å²) in [7, 11) is -3.59. The molecule has 1 saturated heterocycles. The van der Waals surface area contributed by atoms with Crippen LogP contribution in [-0.4, -0.2) is 44.1 Å². The van der Waals surface area contributed by atoms with E-state index in [1.54, 1.807) is 22.5 Å². The Bertz CT molecular complexity index is 1080. The molecule has 7 nitrogen and oxygen atoms in total. The van der Waals surface area contributed by atoms with E-state index in [2.05, 4.69) is 25.2 Å². The molecule has 0 spiro atoms. The summed E-state index contributed by atoms with van der Waals surface area (Å²) in [6, 6.07) is 5.30. The van der Waals surface area contributed by atoms with Crippen molar-refractivity contribution in [2.45, 2.75) is 43.0 Å². The number of aromatic nitrogens is 4. The summed E-state index contributed by atoms with van der Waals surface area (Å²) in [4.78, 5) is 4.84. The van der Waals surface area contributed by atoms with Gasteiger partial charge in [0.15, 0.2) is 0 Å². The van der Waals surface area contributed by atoms with E-state index < -0.39 is 10.0 Å². The predicted molar refractivity (Wildman–Crippen MR) is 98.8 cm³/mol. The summed E-state index contributed by atoms with van der Waals surface area (Å²) in [6.07, 6.45) is 5.09. The van der Waals surface area contributed by atoms with Crippen LogP contribution in [0, 0.1) is 6.92 Å². The van der Waals surface area contributed by atoms with Gasteiger partial charge >= 0.3 is 0 Å². The van der Waals surface area contributed by atoms with Crippen LogP contribution < -0.4 is 0 Å². The molecule has 0 radical (unpaired) electrons. The average Bonchev–Trinajstić information content (AvgIpc) is 3.03. The van der Waals surface area contributed by atoms with Crippen LogP contribution in [0.15, 0.2) is 29.3 Å². The Labute approximate surface area is 156 Å². The lowest BCUT2D eigenvalue weighted by Crippen LogP contribution is -2.29. The lowest BCUT2D eigenvalue weighted by atomic mass is 10.2. The van der Waals surface area contributed by atoms with Crippen molar-refractivity contribution >= 4 is 32.8 Å². The van der Waals surface area contributed by atoms with Crippen LogP contribution in [0.4, 0.5) is 0 Å². The topological polar surface area (TPSA) is 81.0 Å². The molecule has 0 N–H and O–H groups in total. The van der Waals surface area contributed by atoms with Gasteiger partial charge in [-0.15, -0.1) is 0 Å². The fraction of sp³-hybridized carbons (Fsp3) is 0.471. The van der Waals surface area contributed by atoms with Crippen LogP contribution >= 0.6 is 11.7 Å². The Balaban J connectivity index is 1.47. The van der Waals surface area contributed by atoms with E-state index in [0.717, 1.165) is 29.7 Å². The standard InChI is InChI=1S/C17H19N5O2S2/c1-11-9-18-17(12-5-6-12)22(11)13-7-8-21(10-13)26(23,24)15-4-2-3-14-16(15)20-25-19-14/h2-4,9,12-13H,5-8,10H2,1H3. The molecule has 2 fully saturated rings. The molecule has 26 heavy (non-hydrogen) atoms. The van der Waals surface area contributed by atoms with Gasteiger partial charge in [0.25, 0.3) is 0 Å². The third-order valence-corrected chi connectivity index (χ3v) is 7.75. The molecule has 3 heterocycles. The monoisotopic (exact) mass is 389 g/mol. The van der Waals surface area contributed by atoms with Crippen LogP contribution in [0.5, 0.6) is 0 Å². The normalized spacial score (nSPS) is 21.7. The SMILES string of the molecule is Cc1cnc(C2CC2)n1C1CCN(S(=O)(=O)c2cccc3nsnc23)C1. The van der Waals surface area contributed by atoms with Crippen molar-refractivity contribution in [3.63, 3.8) is 0 Å². The zero-order chi connectivity index (χ0) is 17.9. The van der Waals surface area contributed by atoms with Crippen LogP contribution in [0.3, 0.4) is 0 Å². The number of fused-ring (bicyclic) bond motifs is 1. The zero-order valence-electron chi connectivity index (χ0n) is 14.4. The van der Waals surface area contributed by atoms with E-state index in [-0.39, 0.29) is 10.9 Å². The molecule has 0 bridgehead atoms. The third-order valence-electron chi connectivity index (χ3n) is 5.31. The maximum absolute atomic E-state index is 13.2. The molecule has 3 aromatic rings. The minimum absolute atomic E-state index is 0.149. The Morgan fingerprint density at radius 1 is 1.19 bits per heavy atom. The first-order chi connectivity index (χ1) is 12.6. The van der Waals surface area contributed by atoms with Crippen molar-refractivity contribution in [2.75, 3.05) is 13.1 Å². The summed E-state index contributed by atoms with van der Waals surface area (Å²) >= 11 is 1.04.